The fraction of sp³-hybridized carbons (Fsp3) is 0.100. The van der Waals surface area contributed by atoms with E-state index in [9.17, 15) is 4.79 Å². The SMILES string of the molecule is C/C(=C/C(N)=O)Sc1ccccc1. The molecule has 0 unspecified atom stereocenters. The number of hydrogen-bond acceptors (Lipinski definition) is 2. The van der Waals surface area contributed by atoms with E-state index < -0.39 is 5.91 Å². The average Bonchev–Trinajstić information content (AvgIpc) is 2.04. The standard InChI is InChI=1S/C10H11NOS/c1-8(7-10(11)12)13-9-5-3-2-4-6-9/h2-7H,1H3,(H2,11,12)/b8-7-. The van der Waals surface area contributed by atoms with Gasteiger partial charge in [0, 0.05) is 11.0 Å². The summed E-state index contributed by atoms with van der Waals surface area (Å²) in [6, 6.07) is 9.85. The number of thioether (sulfide) groups is 1. The molecule has 1 aromatic rings. The van der Waals surface area contributed by atoms with E-state index in [2.05, 4.69) is 0 Å². The van der Waals surface area contributed by atoms with Crippen LogP contribution in [-0.2, 0) is 4.79 Å². The van der Waals surface area contributed by atoms with Gasteiger partial charge in [-0.3, -0.25) is 4.79 Å². The van der Waals surface area contributed by atoms with Crippen LogP contribution < -0.4 is 5.73 Å². The van der Waals surface area contributed by atoms with E-state index in [1.165, 1.54) is 17.8 Å². The third-order valence-corrected chi connectivity index (χ3v) is 2.32. The van der Waals surface area contributed by atoms with Gasteiger partial charge in [0.05, 0.1) is 0 Å². The van der Waals surface area contributed by atoms with Crippen molar-refractivity contribution >= 4 is 17.7 Å². The van der Waals surface area contributed by atoms with Gasteiger partial charge in [0.15, 0.2) is 0 Å². The van der Waals surface area contributed by atoms with Crippen LogP contribution in [-0.4, -0.2) is 5.91 Å². The van der Waals surface area contributed by atoms with Crippen LogP contribution in [0.15, 0.2) is 46.2 Å². The van der Waals surface area contributed by atoms with Gasteiger partial charge >= 0.3 is 0 Å². The summed E-state index contributed by atoms with van der Waals surface area (Å²) in [5, 5.41) is 0. The molecule has 0 fully saturated rings. The van der Waals surface area contributed by atoms with Crippen molar-refractivity contribution in [2.45, 2.75) is 11.8 Å². The summed E-state index contributed by atoms with van der Waals surface area (Å²) in [6.45, 7) is 1.86. The van der Waals surface area contributed by atoms with Crippen molar-refractivity contribution in [3.63, 3.8) is 0 Å². The molecule has 0 aliphatic carbocycles. The summed E-state index contributed by atoms with van der Waals surface area (Å²) in [5.41, 5.74) is 5.02. The molecule has 3 heteroatoms. The number of rotatable bonds is 3. The highest BCUT2D eigenvalue weighted by atomic mass is 32.2. The Labute approximate surface area is 81.8 Å². The van der Waals surface area contributed by atoms with Gasteiger partial charge in [-0.2, -0.15) is 0 Å². The second-order valence-corrected chi connectivity index (χ2v) is 3.89. The van der Waals surface area contributed by atoms with Crippen molar-refractivity contribution in [2.75, 3.05) is 0 Å². The first-order valence-corrected chi connectivity index (χ1v) is 4.71. The molecule has 0 aromatic heterocycles. The largest absolute Gasteiger partial charge is 0.366 e. The molecular weight excluding hydrogens is 182 g/mol. The molecule has 0 saturated heterocycles. The van der Waals surface area contributed by atoms with Crippen molar-refractivity contribution in [2.24, 2.45) is 5.73 Å². The maximum atomic E-state index is 10.5. The summed E-state index contributed by atoms with van der Waals surface area (Å²) < 4.78 is 0. The first-order chi connectivity index (χ1) is 6.18. The molecule has 0 atom stereocenters. The number of allylic oxidation sites excluding steroid dienone is 1. The Bertz CT molecular complexity index is 319. The number of carbonyl (C=O) groups excluding carboxylic acids is 1. The molecule has 1 aromatic carbocycles. The van der Waals surface area contributed by atoms with Crippen molar-refractivity contribution in [3.05, 3.63) is 41.3 Å². The normalized spacial score (nSPS) is 11.3. The van der Waals surface area contributed by atoms with E-state index in [1.807, 2.05) is 37.3 Å². The van der Waals surface area contributed by atoms with Gasteiger partial charge in [-0.1, -0.05) is 30.0 Å². The topological polar surface area (TPSA) is 43.1 Å². The number of benzene rings is 1. The average molecular weight is 193 g/mol. The van der Waals surface area contributed by atoms with Gasteiger partial charge < -0.3 is 5.73 Å². The highest BCUT2D eigenvalue weighted by molar-refractivity contribution is 8.03. The number of carbonyl (C=O) groups is 1. The van der Waals surface area contributed by atoms with E-state index >= 15 is 0 Å². The maximum absolute atomic E-state index is 10.5. The number of hydrogen-bond donors (Lipinski definition) is 1. The van der Waals surface area contributed by atoms with Gasteiger partial charge in [-0.05, 0) is 24.0 Å². The summed E-state index contributed by atoms with van der Waals surface area (Å²) in [7, 11) is 0. The molecule has 0 spiro atoms. The molecular formula is C10H11NOS. The molecule has 1 rings (SSSR count). The fourth-order valence-electron chi connectivity index (χ4n) is 0.904. The first kappa shape index (κ1) is 9.86. The zero-order valence-electron chi connectivity index (χ0n) is 7.36. The lowest BCUT2D eigenvalue weighted by molar-refractivity contribution is -0.113. The van der Waals surface area contributed by atoms with Crippen LogP contribution in [0.2, 0.25) is 0 Å². The maximum Gasteiger partial charge on any atom is 0.242 e. The monoisotopic (exact) mass is 193 g/mol. The second-order valence-electron chi connectivity index (χ2n) is 2.57. The van der Waals surface area contributed by atoms with E-state index in [1.54, 1.807) is 0 Å². The minimum Gasteiger partial charge on any atom is -0.366 e. The van der Waals surface area contributed by atoms with Crippen molar-refractivity contribution < 1.29 is 4.79 Å². The summed E-state index contributed by atoms with van der Waals surface area (Å²) >= 11 is 1.53. The van der Waals surface area contributed by atoms with Crippen LogP contribution in [0.3, 0.4) is 0 Å². The summed E-state index contributed by atoms with van der Waals surface area (Å²) in [6.07, 6.45) is 1.43. The van der Waals surface area contributed by atoms with Gasteiger partial charge in [0.25, 0.3) is 0 Å². The number of amides is 1. The second kappa shape index (κ2) is 4.72. The zero-order chi connectivity index (χ0) is 9.68. The Hall–Kier alpha value is -1.22. The van der Waals surface area contributed by atoms with Crippen LogP contribution >= 0.6 is 11.8 Å². The third-order valence-electron chi connectivity index (χ3n) is 1.37. The molecule has 2 N–H and O–H groups in total. The predicted octanol–water partition coefficient (Wildman–Crippen LogP) is 2.17. The van der Waals surface area contributed by atoms with Crippen LogP contribution in [0.5, 0.6) is 0 Å². The van der Waals surface area contributed by atoms with Crippen LogP contribution in [0, 0.1) is 0 Å². The van der Waals surface area contributed by atoms with E-state index in [4.69, 9.17) is 5.73 Å². The Kier molecular flexibility index (Phi) is 3.58. The quantitative estimate of drug-likeness (QED) is 0.590. The van der Waals surface area contributed by atoms with Crippen molar-refractivity contribution in [1.82, 2.24) is 0 Å². The Morgan fingerprint density at radius 3 is 2.54 bits per heavy atom. The van der Waals surface area contributed by atoms with Crippen LogP contribution in [0.25, 0.3) is 0 Å². The molecule has 0 aliphatic rings. The van der Waals surface area contributed by atoms with Crippen molar-refractivity contribution in [1.29, 1.82) is 0 Å². The molecule has 0 bridgehead atoms. The first-order valence-electron chi connectivity index (χ1n) is 3.89. The number of nitrogens with two attached hydrogens (primary N) is 1. The van der Waals surface area contributed by atoms with Crippen LogP contribution in [0.1, 0.15) is 6.92 Å². The van der Waals surface area contributed by atoms with Crippen molar-refractivity contribution in [3.8, 4) is 0 Å². The third kappa shape index (κ3) is 3.80. The lowest BCUT2D eigenvalue weighted by atomic mass is 10.4. The molecule has 13 heavy (non-hydrogen) atoms. The van der Waals surface area contributed by atoms with E-state index in [0.29, 0.717) is 0 Å². The van der Waals surface area contributed by atoms with Gasteiger partial charge in [-0.25, -0.2) is 0 Å². The van der Waals surface area contributed by atoms with Gasteiger partial charge in [-0.15, -0.1) is 0 Å². The molecule has 0 aliphatic heterocycles. The highest BCUT2D eigenvalue weighted by Crippen LogP contribution is 2.24. The summed E-state index contributed by atoms with van der Waals surface area (Å²) in [4.78, 5) is 12.5. The highest BCUT2D eigenvalue weighted by Gasteiger charge is 1.95. The molecule has 0 saturated carbocycles. The lowest BCUT2D eigenvalue weighted by Crippen LogP contribution is -2.05. The molecule has 0 heterocycles. The Balaban J connectivity index is 2.65. The minimum absolute atomic E-state index is 0.402. The predicted molar refractivity (Wildman–Crippen MR) is 55.3 cm³/mol. The molecule has 1 amide bonds. The molecule has 0 radical (unpaired) electrons. The van der Waals surface area contributed by atoms with Gasteiger partial charge in [0.1, 0.15) is 0 Å². The van der Waals surface area contributed by atoms with Crippen LogP contribution in [0.4, 0.5) is 0 Å². The minimum atomic E-state index is -0.402. The van der Waals surface area contributed by atoms with E-state index in [-0.39, 0.29) is 0 Å². The fourth-order valence-corrected chi connectivity index (χ4v) is 1.74. The summed E-state index contributed by atoms with van der Waals surface area (Å²) in [5.74, 6) is -0.402. The smallest absolute Gasteiger partial charge is 0.242 e. The Morgan fingerprint density at radius 1 is 1.38 bits per heavy atom. The Morgan fingerprint density at radius 2 is 2.00 bits per heavy atom. The van der Waals surface area contributed by atoms with Gasteiger partial charge in [0.2, 0.25) is 5.91 Å². The number of primary amides is 1. The van der Waals surface area contributed by atoms with E-state index in [0.717, 1.165) is 9.80 Å². The molecule has 2 nitrogen and oxygen atoms in total. The zero-order valence-corrected chi connectivity index (χ0v) is 8.17. The lowest BCUT2D eigenvalue weighted by Gasteiger charge is -1.99. The molecule has 68 valence electrons.